The van der Waals surface area contributed by atoms with Crippen LogP contribution in [0.1, 0.15) is 11.5 Å². The SMILES string of the molecule is Cc1noc(C)c1-c1cc(-c2cccc3cc[nH]c23)cn2cncc12. The van der Waals surface area contributed by atoms with Crippen LogP contribution in [-0.2, 0) is 0 Å². The number of nitrogens with zero attached hydrogens (tertiary/aromatic N) is 3. The van der Waals surface area contributed by atoms with Crippen LogP contribution in [0.15, 0.2) is 59.8 Å². The Morgan fingerprint density at radius 3 is 2.88 bits per heavy atom. The van der Waals surface area contributed by atoms with Crippen molar-refractivity contribution in [1.82, 2.24) is 19.5 Å². The minimum absolute atomic E-state index is 0.816. The molecule has 0 saturated heterocycles. The zero-order chi connectivity index (χ0) is 17.0. The fourth-order valence-electron chi connectivity index (χ4n) is 3.57. The minimum Gasteiger partial charge on any atom is -0.361 e. The first-order chi connectivity index (χ1) is 12.2. The van der Waals surface area contributed by atoms with Gasteiger partial charge in [0.15, 0.2) is 0 Å². The molecule has 0 aliphatic heterocycles. The highest BCUT2D eigenvalue weighted by atomic mass is 16.5. The molecule has 0 bridgehead atoms. The Morgan fingerprint density at radius 2 is 2.04 bits per heavy atom. The Balaban J connectivity index is 1.86. The monoisotopic (exact) mass is 328 g/mol. The molecule has 5 heteroatoms. The van der Waals surface area contributed by atoms with Gasteiger partial charge in [-0.05, 0) is 31.4 Å². The Bertz CT molecular complexity index is 1210. The van der Waals surface area contributed by atoms with E-state index < -0.39 is 0 Å². The highest BCUT2D eigenvalue weighted by Gasteiger charge is 2.17. The molecule has 1 N–H and O–H groups in total. The molecule has 4 heterocycles. The lowest BCUT2D eigenvalue weighted by molar-refractivity contribution is 0.393. The van der Waals surface area contributed by atoms with Gasteiger partial charge in [-0.3, -0.25) is 0 Å². The number of para-hydroxylation sites is 1. The molecular weight excluding hydrogens is 312 g/mol. The average molecular weight is 328 g/mol. The number of hydrogen-bond donors (Lipinski definition) is 1. The molecule has 0 aliphatic carbocycles. The number of imidazole rings is 1. The third-order valence-corrected chi connectivity index (χ3v) is 4.72. The smallest absolute Gasteiger partial charge is 0.141 e. The number of nitrogens with one attached hydrogen (secondary N) is 1. The molecule has 0 spiro atoms. The van der Waals surface area contributed by atoms with Gasteiger partial charge in [0.25, 0.3) is 0 Å². The van der Waals surface area contributed by atoms with Crippen LogP contribution < -0.4 is 0 Å². The molecular formula is C20H16N4O. The number of aromatic nitrogens is 4. The Labute approximate surface area is 143 Å². The predicted octanol–water partition coefficient (Wildman–Crippen LogP) is 4.75. The van der Waals surface area contributed by atoms with Gasteiger partial charge in [-0.2, -0.15) is 0 Å². The number of pyridine rings is 1. The second kappa shape index (κ2) is 5.08. The molecule has 0 fully saturated rings. The van der Waals surface area contributed by atoms with Gasteiger partial charge in [0.2, 0.25) is 0 Å². The molecule has 1 aromatic carbocycles. The number of benzene rings is 1. The molecule has 0 unspecified atom stereocenters. The van der Waals surface area contributed by atoms with Crippen LogP contribution in [0, 0.1) is 13.8 Å². The van der Waals surface area contributed by atoms with Crippen molar-refractivity contribution in [2.75, 3.05) is 0 Å². The summed E-state index contributed by atoms with van der Waals surface area (Å²) in [5.74, 6) is 0.816. The summed E-state index contributed by atoms with van der Waals surface area (Å²) in [5, 5.41) is 5.31. The largest absolute Gasteiger partial charge is 0.361 e. The van der Waals surface area contributed by atoms with Crippen molar-refractivity contribution in [2.24, 2.45) is 0 Å². The molecule has 0 amide bonds. The Hall–Kier alpha value is -3.34. The van der Waals surface area contributed by atoms with Crippen molar-refractivity contribution in [3.05, 3.63) is 66.7 Å². The first-order valence-corrected chi connectivity index (χ1v) is 8.18. The molecule has 0 aliphatic rings. The van der Waals surface area contributed by atoms with Crippen molar-refractivity contribution < 1.29 is 4.52 Å². The van der Waals surface area contributed by atoms with Crippen LogP contribution in [0.25, 0.3) is 38.7 Å². The lowest BCUT2D eigenvalue weighted by Gasteiger charge is -2.10. The van der Waals surface area contributed by atoms with E-state index in [9.17, 15) is 0 Å². The summed E-state index contributed by atoms with van der Waals surface area (Å²) in [6, 6.07) is 10.6. The molecule has 0 radical (unpaired) electrons. The van der Waals surface area contributed by atoms with Crippen LogP contribution in [0.4, 0.5) is 0 Å². The predicted molar refractivity (Wildman–Crippen MR) is 97.5 cm³/mol. The lowest BCUT2D eigenvalue weighted by Crippen LogP contribution is -1.92. The fraction of sp³-hybridized carbons (Fsp3) is 0.100. The minimum atomic E-state index is 0.816. The summed E-state index contributed by atoms with van der Waals surface area (Å²) in [7, 11) is 0. The Kier molecular flexibility index (Phi) is 2.85. The maximum Gasteiger partial charge on any atom is 0.141 e. The quantitative estimate of drug-likeness (QED) is 0.508. The molecule has 122 valence electrons. The molecule has 25 heavy (non-hydrogen) atoms. The number of aryl methyl sites for hydroxylation is 2. The molecule has 5 rings (SSSR count). The zero-order valence-electron chi connectivity index (χ0n) is 13.9. The number of aromatic amines is 1. The van der Waals surface area contributed by atoms with Crippen LogP contribution in [0.5, 0.6) is 0 Å². The van der Waals surface area contributed by atoms with Crippen molar-refractivity contribution in [1.29, 1.82) is 0 Å². The molecule has 0 saturated carbocycles. The maximum atomic E-state index is 5.39. The van der Waals surface area contributed by atoms with Gasteiger partial charge >= 0.3 is 0 Å². The van der Waals surface area contributed by atoms with Crippen molar-refractivity contribution in [2.45, 2.75) is 13.8 Å². The van der Waals surface area contributed by atoms with Gasteiger partial charge in [-0.15, -0.1) is 0 Å². The van der Waals surface area contributed by atoms with E-state index in [0.29, 0.717) is 0 Å². The van der Waals surface area contributed by atoms with Gasteiger partial charge in [-0.1, -0.05) is 23.4 Å². The summed E-state index contributed by atoms with van der Waals surface area (Å²) in [6.07, 6.45) is 7.79. The second-order valence-electron chi connectivity index (χ2n) is 6.28. The van der Waals surface area contributed by atoms with E-state index in [4.69, 9.17) is 4.52 Å². The van der Waals surface area contributed by atoms with Crippen molar-refractivity contribution in [3.63, 3.8) is 0 Å². The average Bonchev–Trinajstić information content (AvgIpc) is 3.33. The van der Waals surface area contributed by atoms with E-state index in [1.165, 1.54) is 5.39 Å². The van der Waals surface area contributed by atoms with Gasteiger partial charge in [0, 0.05) is 34.6 Å². The first-order valence-electron chi connectivity index (χ1n) is 8.18. The standard InChI is InChI=1S/C20H16N4O/c1-12-19(13(2)25-23-12)17-8-15(10-24-11-21-9-18(17)24)16-5-3-4-14-6-7-22-20(14)16/h3-11,22H,1-2H3. The maximum absolute atomic E-state index is 5.39. The van der Waals surface area contributed by atoms with Gasteiger partial charge < -0.3 is 13.9 Å². The number of hydrogen-bond acceptors (Lipinski definition) is 3. The van der Waals surface area contributed by atoms with E-state index in [-0.39, 0.29) is 0 Å². The zero-order valence-corrected chi connectivity index (χ0v) is 13.9. The van der Waals surface area contributed by atoms with Gasteiger partial charge in [0.1, 0.15) is 5.76 Å². The first kappa shape index (κ1) is 14.0. The summed E-state index contributed by atoms with van der Waals surface area (Å²) in [5.41, 5.74) is 7.44. The van der Waals surface area contributed by atoms with Crippen molar-refractivity contribution in [3.8, 4) is 22.3 Å². The molecule has 5 aromatic rings. The highest BCUT2D eigenvalue weighted by molar-refractivity contribution is 5.96. The van der Waals surface area contributed by atoms with Crippen LogP contribution in [0.3, 0.4) is 0 Å². The van der Waals surface area contributed by atoms with Crippen LogP contribution in [-0.4, -0.2) is 19.5 Å². The van der Waals surface area contributed by atoms with Crippen LogP contribution in [0.2, 0.25) is 0 Å². The van der Waals surface area contributed by atoms with Gasteiger partial charge in [0.05, 0.1) is 29.3 Å². The molecule has 4 aromatic heterocycles. The van der Waals surface area contributed by atoms with Crippen LogP contribution >= 0.6 is 0 Å². The van der Waals surface area contributed by atoms with E-state index in [0.717, 1.165) is 44.7 Å². The fourth-order valence-corrected chi connectivity index (χ4v) is 3.57. The molecule has 0 atom stereocenters. The van der Waals surface area contributed by atoms with Crippen molar-refractivity contribution >= 4 is 16.4 Å². The topological polar surface area (TPSA) is 59.1 Å². The van der Waals surface area contributed by atoms with E-state index in [1.807, 2.05) is 32.6 Å². The number of H-pyrrole nitrogens is 1. The van der Waals surface area contributed by atoms with E-state index in [1.54, 1.807) is 0 Å². The summed E-state index contributed by atoms with van der Waals surface area (Å²) in [4.78, 5) is 7.67. The second-order valence-corrected chi connectivity index (χ2v) is 6.28. The van der Waals surface area contributed by atoms with E-state index in [2.05, 4.69) is 56.1 Å². The lowest BCUT2D eigenvalue weighted by atomic mass is 9.98. The molecule has 5 nitrogen and oxygen atoms in total. The Morgan fingerprint density at radius 1 is 1.12 bits per heavy atom. The summed E-state index contributed by atoms with van der Waals surface area (Å²) >= 11 is 0. The number of rotatable bonds is 2. The normalized spacial score (nSPS) is 11.6. The third-order valence-electron chi connectivity index (χ3n) is 4.72. The van der Waals surface area contributed by atoms with Gasteiger partial charge in [-0.25, -0.2) is 4.98 Å². The number of fused-ring (bicyclic) bond motifs is 2. The summed E-state index contributed by atoms with van der Waals surface area (Å²) < 4.78 is 7.45. The van der Waals surface area contributed by atoms with E-state index >= 15 is 0 Å². The third kappa shape index (κ3) is 2.02. The summed E-state index contributed by atoms with van der Waals surface area (Å²) in [6.45, 7) is 3.91. The highest BCUT2D eigenvalue weighted by Crippen LogP contribution is 2.35.